The highest BCUT2D eigenvalue weighted by molar-refractivity contribution is 5.71. The summed E-state index contributed by atoms with van der Waals surface area (Å²) < 4.78 is 80.5. The molecule has 0 spiro atoms. The molecule has 32 heavy (non-hydrogen) atoms. The van der Waals surface area contributed by atoms with Gasteiger partial charge in [0.2, 0.25) is 0 Å². The van der Waals surface area contributed by atoms with E-state index in [9.17, 15) is 26.3 Å². The number of hydrogen-bond acceptors (Lipinski definition) is 4. The van der Waals surface area contributed by atoms with E-state index in [0.29, 0.717) is 30.0 Å². The van der Waals surface area contributed by atoms with Gasteiger partial charge in [-0.1, -0.05) is 0 Å². The van der Waals surface area contributed by atoms with E-state index in [-0.39, 0.29) is 24.2 Å². The van der Waals surface area contributed by atoms with Crippen LogP contribution in [0, 0.1) is 12.8 Å². The number of aromatic nitrogens is 2. The van der Waals surface area contributed by atoms with Crippen molar-refractivity contribution in [2.45, 2.75) is 50.9 Å². The standard InChI is InChI=1S/C22H24F6N4/c1-12-30-19(15(7-9-29-2)13-3-4-13)16-8-10-32(20(16)31-12)18-6-5-14(21(23,24)25)11-17(18)22(26,27)28/h5-6,11,13,15,29H,3-4,7-10H2,1-2H3. The van der Waals surface area contributed by atoms with Gasteiger partial charge in [0.25, 0.3) is 0 Å². The summed E-state index contributed by atoms with van der Waals surface area (Å²) in [6.07, 6.45) is -6.31. The number of aryl methyl sites for hydroxylation is 1. The first-order valence-electron chi connectivity index (χ1n) is 10.6. The van der Waals surface area contributed by atoms with Crippen LogP contribution in [0.4, 0.5) is 37.8 Å². The Bertz CT molecular complexity index is 997. The van der Waals surface area contributed by atoms with Crippen LogP contribution in [0.25, 0.3) is 0 Å². The van der Waals surface area contributed by atoms with Crippen LogP contribution >= 0.6 is 0 Å². The maximum atomic E-state index is 13.8. The lowest BCUT2D eigenvalue weighted by Gasteiger charge is -2.25. The monoisotopic (exact) mass is 458 g/mol. The molecule has 174 valence electrons. The second-order valence-corrected chi connectivity index (χ2v) is 8.42. The van der Waals surface area contributed by atoms with Gasteiger partial charge in [-0.3, -0.25) is 0 Å². The highest BCUT2D eigenvalue weighted by atomic mass is 19.4. The molecule has 1 aromatic carbocycles. The smallest absolute Gasteiger partial charge is 0.325 e. The van der Waals surface area contributed by atoms with Crippen LogP contribution < -0.4 is 10.2 Å². The summed E-state index contributed by atoms with van der Waals surface area (Å²) >= 11 is 0. The highest BCUT2D eigenvalue weighted by Crippen LogP contribution is 2.49. The lowest BCUT2D eigenvalue weighted by atomic mass is 9.91. The number of anilines is 2. The Morgan fingerprint density at radius 3 is 2.41 bits per heavy atom. The van der Waals surface area contributed by atoms with Gasteiger partial charge in [0.1, 0.15) is 11.6 Å². The van der Waals surface area contributed by atoms with E-state index in [1.807, 2.05) is 7.05 Å². The number of alkyl halides is 6. The topological polar surface area (TPSA) is 41.1 Å². The Balaban J connectivity index is 1.79. The third-order valence-corrected chi connectivity index (χ3v) is 6.14. The lowest BCUT2D eigenvalue weighted by molar-refractivity contribution is -0.142. The van der Waals surface area contributed by atoms with Gasteiger partial charge in [-0.2, -0.15) is 26.3 Å². The Morgan fingerprint density at radius 1 is 1.09 bits per heavy atom. The number of halogens is 6. The van der Waals surface area contributed by atoms with Crippen LogP contribution in [-0.2, 0) is 18.8 Å². The van der Waals surface area contributed by atoms with Crippen LogP contribution in [0.5, 0.6) is 0 Å². The van der Waals surface area contributed by atoms with E-state index in [1.165, 1.54) is 4.90 Å². The first kappa shape index (κ1) is 22.8. The molecule has 10 heteroatoms. The molecule has 2 aromatic rings. The molecule has 0 saturated heterocycles. The predicted octanol–water partition coefficient (Wildman–Crippen LogP) is 5.62. The number of nitrogens with zero attached hydrogens (tertiary/aromatic N) is 3. The fraction of sp³-hybridized carbons (Fsp3) is 0.545. The molecule has 1 unspecified atom stereocenters. The summed E-state index contributed by atoms with van der Waals surface area (Å²) in [6, 6.07) is 1.77. The molecular weight excluding hydrogens is 434 g/mol. The second kappa shape index (κ2) is 8.20. The van der Waals surface area contributed by atoms with E-state index >= 15 is 0 Å². The zero-order valence-electron chi connectivity index (χ0n) is 17.7. The minimum absolute atomic E-state index is 0.183. The number of benzene rings is 1. The number of fused-ring (bicyclic) bond motifs is 1. The molecule has 2 aliphatic rings. The van der Waals surface area contributed by atoms with Crippen molar-refractivity contribution < 1.29 is 26.3 Å². The van der Waals surface area contributed by atoms with Crippen LogP contribution in [0.1, 0.15) is 53.4 Å². The normalized spacial score (nSPS) is 17.6. The molecule has 1 fully saturated rings. The maximum Gasteiger partial charge on any atom is 0.418 e. The van der Waals surface area contributed by atoms with E-state index in [0.717, 1.165) is 43.1 Å². The first-order chi connectivity index (χ1) is 15.0. The van der Waals surface area contributed by atoms with Crippen LogP contribution in [0.2, 0.25) is 0 Å². The van der Waals surface area contributed by atoms with Crippen molar-refractivity contribution in [1.82, 2.24) is 15.3 Å². The molecule has 1 aromatic heterocycles. The molecule has 1 saturated carbocycles. The summed E-state index contributed by atoms with van der Waals surface area (Å²) in [7, 11) is 1.87. The largest absolute Gasteiger partial charge is 0.418 e. The van der Waals surface area contributed by atoms with Crippen molar-refractivity contribution in [2.24, 2.45) is 5.92 Å². The van der Waals surface area contributed by atoms with Gasteiger partial charge in [0.05, 0.1) is 22.5 Å². The Kier molecular flexibility index (Phi) is 5.85. The van der Waals surface area contributed by atoms with Gasteiger partial charge in [-0.25, -0.2) is 9.97 Å². The molecular formula is C22H24F6N4. The van der Waals surface area contributed by atoms with E-state index < -0.39 is 23.5 Å². The fourth-order valence-corrected chi connectivity index (χ4v) is 4.50. The van der Waals surface area contributed by atoms with Gasteiger partial charge < -0.3 is 10.2 Å². The number of nitrogens with one attached hydrogen (secondary N) is 1. The predicted molar refractivity (Wildman–Crippen MR) is 108 cm³/mol. The van der Waals surface area contributed by atoms with Crippen molar-refractivity contribution in [3.05, 3.63) is 46.4 Å². The third kappa shape index (κ3) is 4.42. The maximum absolute atomic E-state index is 13.8. The molecule has 1 aliphatic carbocycles. The van der Waals surface area contributed by atoms with E-state index in [2.05, 4.69) is 15.3 Å². The van der Waals surface area contributed by atoms with Crippen molar-refractivity contribution in [3.63, 3.8) is 0 Å². The minimum Gasteiger partial charge on any atom is -0.325 e. The van der Waals surface area contributed by atoms with Crippen LogP contribution in [-0.4, -0.2) is 30.1 Å². The average molecular weight is 458 g/mol. The minimum atomic E-state index is -4.94. The summed E-state index contributed by atoms with van der Waals surface area (Å²) in [5, 5.41) is 3.14. The van der Waals surface area contributed by atoms with Crippen molar-refractivity contribution in [3.8, 4) is 0 Å². The number of hydrogen-bond donors (Lipinski definition) is 1. The van der Waals surface area contributed by atoms with Crippen molar-refractivity contribution in [2.75, 3.05) is 25.0 Å². The lowest BCUT2D eigenvalue weighted by Crippen LogP contribution is -2.21. The first-order valence-corrected chi connectivity index (χ1v) is 10.6. The molecule has 4 nitrogen and oxygen atoms in total. The summed E-state index contributed by atoms with van der Waals surface area (Å²) in [4.78, 5) is 10.5. The molecule has 0 amide bonds. The van der Waals surface area contributed by atoms with Crippen molar-refractivity contribution >= 4 is 11.5 Å². The zero-order valence-corrected chi connectivity index (χ0v) is 17.7. The van der Waals surface area contributed by atoms with Crippen LogP contribution in [0.15, 0.2) is 18.2 Å². The van der Waals surface area contributed by atoms with Crippen molar-refractivity contribution in [1.29, 1.82) is 0 Å². The van der Waals surface area contributed by atoms with Gasteiger partial charge in [0, 0.05) is 18.0 Å². The summed E-state index contributed by atoms with van der Waals surface area (Å²) in [6.45, 7) is 2.69. The number of rotatable bonds is 6. The Morgan fingerprint density at radius 2 is 1.81 bits per heavy atom. The molecule has 0 bridgehead atoms. The third-order valence-electron chi connectivity index (χ3n) is 6.14. The molecule has 1 atom stereocenters. The van der Waals surface area contributed by atoms with Gasteiger partial charge in [-0.05, 0) is 70.3 Å². The molecule has 2 heterocycles. The van der Waals surface area contributed by atoms with Crippen LogP contribution in [0.3, 0.4) is 0 Å². The zero-order chi connectivity index (χ0) is 23.3. The highest BCUT2D eigenvalue weighted by Gasteiger charge is 2.42. The summed E-state index contributed by atoms with van der Waals surface area (Å²) in [5.41, 5.74) is -1.28. The molecule has 1 aliphatic heterocycles. The Hall–Kier alpha value is -2.36. The average Bonchev–Trinajstić information content (AvgIpc) is 3.45. The van der Waals surface area contributed by atoms with E-state index in [4.69, 9.17) is 0 Å². The SMILES string of the molecule is CNCCC(c1nc(C)nc2c1CCN2c1ccc(C(F)(F)F)cc1C(F)(F)F)C1CC1. The molecule has 4 rings (SSSR count). The second-order valence-electron chi connectivity index (χ2n) is 8.42. The van der Waals surface area contributed by atoms with E-state index in [1.54, 1.807) is 6.92 Å². The quantitative estimate of drug-likeness (QED) is 0.571. The Labute approximate surface area is 182 Å². The van der Waals surface area contributed by atoms with Gasteiger partial charge in [-0.15, -0.1) is 0 Å². The molecule has 1 N–H and O–H groups in total. The summed E-state index contributed by atoms with van der Waals surface area (Å²) in [5.74, 6) is 1.49. The van der Waals surface area contributed by atoms with Gasteiger partial charge >= 0.3 is 12.4 Å². The molecule has 0 radical (unpaired) electrons. The fourth-order valence-electron chi connectivity index (χ4n) is 4.50. The van der Waals surface area contributed by atoms with Gasteiger partial charge in [0.15, 0.2) is 0 Å².